The second-order valence-electron chi connectivity index (χ2n) is 14.9. The van der Waals surface area contributed by atoms with Gasteiger partial charge in [-0.05, 0) is 54.1 Å². The standard InChI is InChI=1S/C52H30N4OS/c1-2-13-32(14-3-1)48-51-49(54-52(53-48)56-43-22-9-4-15-35(43)36-16-5-10-23-44(36)56)41-29-40-37-17-6-8-21-42(37)55(45(40)30-47(41)58-51)33-27-25-31(26-28-33)34-19-12-20-39-38-18-7-11-24-46(38)57-50(34)39/h1-30H. The highest BCUT2D eigenvalue weighted by atomic mass is 32.1. The molecule has 0 unspecified atom stereocenters. The number of fused-ring (bicyclic) bond motifs is 12. The molecule has 8 aromatic carbocycles. The van der Waals surface area contributed by atoms with Crippen molar-refractivity contribution in [2.24, 2.45) is 0 Å². The molecular weight excluding hydrogens is 729 g/mol. The van der Waals surface area contributed by atoms with Gasteiger partial charge in [-0.15, -0.1) is 11.3 Å². The summed E-state index contributed by atoms with van der Waals surface area (Å²) in [7, 11) is 0. The summed E-state index contributed by atoms with van der Waals surface area (Å²) in [5.74, 6) is 0.671. The monoisotopic (exact) mass is 758 g/mol. The molecule has 0 fully saturated rings. The zero-order valence-electron chi connectivity index (χ0n) is 30.9. The van der Waals surface area contributed by atoms with E-state index in [4.69, 9.17) is 14.4 Å². The minimum Gasteiger partial charge on any atom is -0.455 e. The van der Waals surface area contributed by atoms with Gasteiger partial charge < -0.3 is 8.98 Å². The van der Waals surface area contributed by atoms with E-state index in [0.717, 1.165) is 87.7 Å². The van der Waals surface area contributed by atoms with Crippen LogP contribution in [0, 0.1) is 0 Å². The van der Waals surface area contributed by atoms with Crippen LogP contribution < -0.4 is 0 Å². The molecule has 270 valence electrons. The smallest absolute Gasteiger partial charge is 0.235 e. The third kappa shape index (κ3) is 4.46. The van der Waals surface area contributed by atoms with Gasteiger partial charge in [0, 0.05) is 59.2 Å². The van der Waals surface area contributed by atoms with E-state index in [2.05, 4.69) is 179 Å². The van der Waals surface area contributed by atoms with Gasteiger partial charge in [-0.3, -0.25) is 4.57 Å². The molecule has 5 nitrogen and oxygen atoms in total. The summed E-state index contributed by atoms with van der Waals surface area (Å²) in [6, 6.07) is 64.6. The van der Waals surface area contributed by atoms with Gasteiger partial charge in [0.25, 0.3) is 0 Å². The van der Waals surface area contributed by atoms with Gasteiger partial charge >= 0.3 is 0 Å². The molecule has 0 radical (unpaired) electrons. The largest absolute Gasteiger partial charge is 0.455 e. The Hall–Kier alpha value is -7.54. The minimum absolute atomic E-state index is 0.671. The van der Waals surface area contributed by atoms with Crippen molar-refractivity contribution in [2.75, 3.05) is 0 Å². The Balaban J connectivity index is 1.04. The summed E-state index contributed by atoms with van der Waals surface area (Å²) in [6.45, 7) is 0. The fraction of sp³-hybridized carbons (Fsp3) is 0. The van der Waals surface area contributed by atoms with Crippen LogP contribution in [0.2, 0.25) is 0 Å². The average Bonchev–Trinajstić information content (AvgIpc) is 4.03. The van der Waals surface area contributed by atoms with Crippen molar-refractivity contribution < 1.29 is 4.42 Å². The lowest BCUT2D eigenvalue weighted by molar-refractivity contribution is 0.670. The van der Waals surface area contributed by atoms with Crippen LogP contribution in [0.4, 0.5) is 0 Å². The molecule has 0 saturated heterocycles. The Bertz CT molecular complexity index is 3740. The topological polar surface area (TPSA) is 48.8 Å². The molecule has 5 heterocycles. The van der Waals surface area contributed by atoms with E-state index >= 15 is 0 Å². The maximum atomic E-state index is 6.41. The molecular formula is C52H30N4OS. The highest BCUT2D eigenvalue weighted by Crippen LogP contribution is 2.44. The number of hydrogen-bond acceptors (Lipinski definition) is 4. The third-order valence-corrected chi connectivity index (χ3v) is 12.9. The fourth-order valence-corrected chi connectivity index (χ4v) is 10.3. The van der Waals surface area contributed by atoms with Crippen molar-refractivity contribution in [3.05, 3.63) is 182 Å². The van der Waals surface area contributed by atoms with Gasteiger partial charge in [0.05, 0.1) is 38.0 Å². The van der Waals surface area contributed by atoms with Crippen LogP contribution in [0.15, 0.2) is 186 Å². The third-order valence-electron chi connectivity index (χ3n) is 11.8. The molecule has 0 saturated carbocycles. The number of furan rings is 1. The van der Waals surface area contributed by atoms with Crippen LogP contribution >= 0.6 is 11.3 Å². The molecule has 58 heavy (non-hydrogen) atoms. The van der Waals surface area contributed by atoms with Gasteiger partial charge in [0.15, 0.2) is 0 Å². The van der Waals surface area contributed by atoms with Crippen LogP contribution in [-0.2, 0) is 0 Å². The lowest BCUT2D eigenvalue weighted by Gasteiger charge is -2.10. The first-order valence-corrected chi connectivity index (χ1v) is 20.3. The number of benzene rings is 8. The molecule has 0 bridgehead atoms. The van der Waals surface area contributed by atoms with Crippen molar-refractivity contribution in [3.8, 4) is 34.0 Å². The Labute approximate surface area is 335 Å². The van der Waals surface area contributed by atoms with E-state index in [-0.39, 0.29) is 0 Å². The number of para-hydroxylation sites is 5. The van der Waals surface area contributed by atoms with Gasteiger partial charge in [-0.25, -0.2) is 9.97 Å². The van der Waals surface area contributed by atoms with E-state index < -0.39 is 0 Å². The first kappa shape index (κ1) is 31.6. The SMILES string of the molecule is c1ccc(-c2nc(-n3c4ccccc4c4ccccc43)nc3c2sc2cc4c(cc23)c2ccccc2n4-c2ccc(-c3cccc4c3oc3ccccc34)cc2)cc1. The lowest BCUT2D eigenvalue weighted by atomic mass is 10.0. The molecule has 0 aliphatic carbocycles. The molecule has 0 spiro atoms. The predicted octanol–water partition coefficient (Wildman–Crippen LogP) is 14.3. The van der Waals surface area contributed by atoms with Crippen LogP contribution in [0.25, 0.3) is 120 Å². The highest BCUT2D eigenvalue weighted by Gasteiger charge is 2.22. The van der Waals surface area contributed by atoms with Gasteiger partial charge in [0.2, 0.25) is 5.95 Å². The molecule has 0 aliphatic rings. The molecule has 13 aromatic rings. The minimum atomic E-state index is 0.671. The summed E-state index contributed by atoms with van der Waals surface area (Å²) in [5, 5.41) is 8.17. The summed E-state index contributed by atoms with van der Waals surface area (Å²) in [4.78, 5) is 10.9. The number of rotatable bonds is 4. The van der Waals surface area contributed by atoms with Crippen molar-refractivity contribution in [2.45, 2.75) is 0 Å². The number of hydrogen-bond donors (Lipinski definition) is 0. The van der Waals surface area contributed by atoms with Gasteiger partial charge in [0.1, 0.15) is 11.2 Å². The summed E-state index contributed by atoms with van der Waals surface area (Å²) in [5.41, 5.74) is 12.6. The maximum Gasteiger partial charge on any atom is 0.235 e. The second kappa shape index (κ2) is 12.0. The van der Waals surface area contributed by atoms with Gasteiger partial charge in [-0.2, -0.15) is 0 Å². The van der Waals surface area contributed by atoms with Crippen molar-refractivity contribution >= 4 is 97.2 Å². The van der Waals surface area contributed by atoms with Crippen LogP contribution in [0.3, 0.4) is 0 Å². The average molecular weight is 759 g/mol. The zero-order chi connectivity index (χ0) is 37.9. The number of nitrogens with zero attached hydrogens (tertiary/aromatic N) is 4. The highest BCUT2D eigenvalue weighted by molar-refractivity contribution is 7.26. The molecule has 13 rings (SSSR count). The molecule has 0 aliphatic heterocycles. The summed E-state index contributed by atoms with van der Waals surface area (Å²) in [6.07, 6.45) is 0. The van der Waals surface area contributed by atoms with Crippen LogP contribution in [-0.4, -0.2) is 19.1 Å². The summed E-state index contributed by atoms with van der Waals surface area (Å²) >= 11 is 1.77. The van der Waals surface area contributed by atoms with Gasteiger partial charge in [-0.1, -0.05) is 133 Å². The normalized spacial score (nSPS) is 12.1. The Morgan fingerprint density at radius 2 is 1.05 bits per heavy atom. The number of aromatic nitrogens is 4. The van der Waals surface area contributed by atoms with E-state index in [0.29, 0.717) is 5.95 Å². The van der Waals surface area contributed by atoms with E-state index in [1.165, 1.54) is 26.2 Å². The van der Waals surface area contributed by atoms with E-state index in [1.807, 2.05) is 12.1 Å². The molecule has 5 aromatic heterocycles. The number of thiophene rings is 1. The Morgan fingerprint density at radius 3 is 1.79 bits per heavy atom. The lowest BCUT2D eigenvalue weighted by Crippen LogP contribution is -2.02. The zero-order valence-corrected chi connectivity index (χ0v) is 31.7. The van der Waals surface area contributed by atoms with Crippen LogP contribution in [0.1, 0.15) is 0 Å². The van der Waals surface area contributed by atoms with Crippen molar-refractivity contribution in [1.29, 1.82) is 0 Å². The maximum absolute atomic E-state index is 6.41. The van der Waals surface area contributed by atoms with Crippen molar-refractivity contribution in [3.63, 3.8) is 0 Å². The Kier molecular flexibility index (Phi) is 6.54. The quantitative estimate of drug-likeness (QED) is 0.180. The van der Waals surface area contributed by atoms with E-state index in [9.17, 15) is 0 Å². The Morgan fingerprint density at radius 1 is 0.431 bits per heavy atom. The van der Waals surface area contributed by atoms with Crippen LogP contribution in [0.5, 0.6) is 0 Å². The second-order valence-corrected chi connectivity index (χ2v) is 16.0. The molecule has 0 N–H and O–H groups in total. The van der Waals surface area contributed by atoms with E-state index in [1.54, 1.807) is 11.3 Å². The summed E-state index contributed by atoms with van der Waals surface area (Å²) < 4.78 is 13.3. The fourth-order valence-electron chi connectivity index (χ4n) is 9.17. The first-order valence-electron chi connectivity index (χ1n) is 19.5. The molecule has 0 atom stereocenters. The predicted molar refractivity (Wildman–Crippen MR) is 242 cm³/mol. The first-order chi connectivity index (χ1) is 28.8. The van der Waals surface area contributed by atoms with Crippen molar-refractivity contribution in [1.82, 2.24) is 19.1 Å². The molecule has 0 amide bonds. The molecule has 6 heteroatoms.